The third-order valence-electron chi connectivity index (χ3n) is 4.45. The van der Waals surface area contributed by atoms with Crippen molar-refractivity contribution in [2.45, 2.75) is 12.4 Å². The van der Waals surface area contributed by atoms with Crippen LogP contribution in [0.5, 0.6) is 0 Å². The Bertz CT molecular complexity index is 889. The topological polar surface area (TPSA) is 17.4 Å². The van der Waals surface area contributed by atoms with E-state index in [-0.39, 0.29) is 6.23 Å². The van der Waals surface area contributed by atoms with Crippen LogP contribution in [0, 0.1) is 0 Å². The summed E-state index contributed by atoms with van der Waals surface area (Å²) in [6.45, 7) is 1.37. The van der Waals surface area contributed by atoms with Crippen LogP contribution in [0.3, 0.4) is 0 Å². The van der Waals surface area contributed by atoms with Crippen LogP contribution in [-0.4, -0.2) is 17.7 Å². The number of halogens is 3. The molecule has 134 valence electrons. The molecule has 1 aliphatic rings. The van der Waals surface area contributed by atoms with Gasteiger partial charge in [-0.25, -0.2) is 0 Å². The van der Waals surface area contributed by atoms with Gasteiger partial charge in [0.05, 0.1) is 12.2 Å². The van der Waals surface area contributed by atoms with E-state index in [2.05, 4.69) is 4.90 Å². The van der Waals surface area contributed by atoms with E-state index in [0.29, 0.717) is 12.3 Å². The molecule has 0 saturated carbocycles. The average molecular weight is 358 g/mol. The summed E-state index contributed by atoms with van der Waals surface area (Å²) >= 11 is 0. The van der Waals surface area contributed by atoms with Gasteiger partial charge >= 0.3 is 6.18 Å². The highest BCUT2D eigenvalue weighted by molar-refractivity contribution is 5.49. The largest absolute Gasteiger partial charge is 0.416 e. The molecular weight excluding hydrogens is 341 g/mol. The Morgan fingerprint density at radius 1 is 0.923 bits per heavy atom. The van der Waals surface area contributed by atoms with E-state index >= 15 is 0 Å². The zero-order chi connectivity index (χ0) is 18.1. The number of anilines is 1. The maximum atomic E-state index is 12.9. The Morgan fingerprint density at radius 2 is 1.69 bits per heavy atom. The van der Waals surface area contributed by atoms with Crippen molar-refractivity contribution < 1.29 is 17.9 Å². The summed E-state index contributed by atoms with van der Waals surface area (Å²) in [6.07, 6.45) is -1.02. The van der Waals surface area contributed by atoms with Gasteiger partial charge in [-0.3, -0.25) is 0 Å². The highest BCUT2D eigenvalue weighted by atomic mass is 19.4. The lowest BCUT2D eigenvalue weighted by molar-refractivity contribution is -0.137. The molecule has 0 spiro atoms. The first-order valence-electron chi connectivity index (χ1n) is 8.31. The lowest BCUT2D eigenvalue weighted by Gasteiger charge is -2.24. The number of hydrogen-bond donors (Lipinski definition) is 0. The first-order valence-corrected chi connectivity index (χ1v) is 8.31. The van der Waals surface area contributed by atoms with Crippen LogP contribution < -0.4 is 4.90 Å². The molecule has 0 unspecified atom stereocenters. The van der Waals surface area contributed by atoms with E-state index in [1.807, 2.05) is 42.6 Å². The minimum absolute atomic E-state index is 0.246. The van der Waals surface area contributed by atoms with E-state index in [4.69, 9.17) is 4.74 Å². The molecule has 26 heavy (non-hydrogen) atoms. The number of benzene rings is 2. The molecule has 0 amide bonds. The number of rotatable bonds is 3. The number of ether oxygens (including phenoxy) is 1. The zero-order valence-electron chi connectivity index (χ0n) is 13.9. The molecule has 0 bridgehead atoms. The molecule has 1 aromatic heterocycles. The molecular formula is C20H17F3N2O. The summed E-state index contributed by atoms with van der Waals surface area (Å²) < 4.78 is 46.4. The molecule has 0 N–H and O–H groups in total. The monoisotopic (exact) mass is 358 g/mol. The molecule has 1 fully saturated rings. The lowest BCUT2D eigenvalue weighted by Crippen LogP contribution is -2.22. The van der Waals surface area contributed by atoms with Gasteiger partial charge in [0, 0.05) is 35.9 Å². The molecule has 2 aromatic carbocycles. The second-order valence-electron chi connectivity index (χ2n) is 6.15. The van der Waals surface area contributed by atoms with Crippen LogP contribution in [0.25, 0.3) is 5.69 Å². The number of aromatic nitrogens is 1. The summed E-state index contributed by atoms with van der Waals surface area (Å²) in [6, 6.07) is 17.1. The van der Waals surface area contributed by atoms with Crippen molar-refractivity contribution in [2.24, 2.45) is 0 Å². The molecule has 1 atom stereocenters. The highest BCUT2D eigenvalue weighted by Crippen LogP contribution is 2.33. The molecule has 1 aliphatic heterocycles. The predicted molar refractivity (Wildman–Crippen MR) is 93.3 cm³/mol. The van der Waals surface area contributed by atoms with Gasteiger partial charge in [0.25, 0.3) is 0 Å². The number of alkyl halides is 3. The van der Waals surface area contributed by atoms with Crippen molar-refractivity contribution in [1.29, 1.82) is 0 Å². The third-order valence-corrected chi connectivity index (χ3v) is 4.45. The molecule has 0 radical (unpaired) electrons. The van der Waals surface area contributed by atoms with E-state index in [1.54, 1.807) is 16.8 Å². The predicted octanol–water partition coefficient (Wildman–Crippen LogP) is 5.03. The van der Waals surface area contributed by atoms with Crippen LogP contribution in [-0.2, 0) is 10.9 Å². The van der Waals surface area contributed by atoms with Crippen LogP contribution in [0.2, 0.25) is 0 Å². The maximum Gasteiger partial charge on any atom is 0.416 e. The van der Waals surface area contributed by atoms with E-state index in [9.17, 15) is 13.2 Å². The minimum Gasteiger partial charge on any atom is -0.352 e. The van der Waals surface area contributed by atoms with Crippen molar-refractivity contribution >= 4 is 5.69 Å². The van der Waals surface area contributed by atoms with Gasteiger partial charge in [-0.2, -0.15) is 13.2 Å². The second kappa shape index (κ2) is 6.53. The highest BCUT2D eigenvalue weighted by Gasteiger charge is 2.31. The first kappa shape index (κ1) is 16.7. The maximum absolute atomic E-state index is 12.9. The lowest BCUT2D eigenvalue weighted by atomic mass is 10.2. The first-order chi connectivity index (χ1) is 12.5. The molecule has 6 heteroatoms. The summed E-state index contributed by atoms with van der Waals surface area (Å²) in [4.78, 5) is 2.14. The number of hydrogen-bond acceptors (Lipinski definition) is 2. The number of nitrogens with zero attached hydrogens (tertiary/aromatic N) is 2. The van der Waals surface area contributed by atoms with Gasteiger partial charge in [-0.05, 0) is 36.4 Å². The fourth-order valence-electron chi connectivity index (χ4n) is 3.19. The van der Waals surface area contributed by atoms with Gasteiger partial charge in [-0.1, -0.05) is 24.3 Å². The van der Waals surface area contributed by atoms with Gasteiger partial charge < -0.3 is 14.2 Å². The quantitative estimate of drug-likeness (QED) is 0.653. The van der Waals surface area contributed by atoms with Crippen molar-refractivity contribution in [2.75, 3.05) is 18.1 Å². The Labute approximate surface area is 149 Å². The molecule has 2 heterocycles. The summed E-state index contributed by atoms with van der Waals surface area (Å²) in [5, 5.41) is 0. The summed E-state index contributed by atoms with van der Waals surface area (Å²) in [5.41, 5.74) is 1.77. The van der Waals surface area contributed by atoms with E-state index in [1.165, 1.54) is 6.07 Å². The van der Waals surface area contributed by atoms with Crippen LogP contribution in [0.4, 0.5) is 18.9 Å². The van der Waals surface area contributed by atoms with Crippen molar-refractivity contribution in [3.05, 3.63) is 84.2 Å². The molecule has 3 nitrogen and oxygen atoms in total. The van der Waals surface area contributed by atoms with Crippen LogP contribution in [0.15, 0.2) is 73.1 Å². The van der Waals surface area contributed by atoms with E-state index < -0.39 is 11.7 Å². The fourth-order valence-corrected chi connectivity index (χ4v) is 3.19. The van der Waals surface area contributed by atoms with Crippen LogP contribution >= 0.6 is 0 Å². The zero-order valence-corrected chi connectivity index (χ0v) is 13.9. The van der Waals surface area contributed by atoms with Crippen molar-refractivity contribution in [3.63, 3.8) is 0 Å². The van der Waals surface area contributed by atoms with Crippen molar-refractivity contribution in [1.82, 2.24) is 4.57 Å². The van der Waals surface area contributed by atoms with Crippen LogP contribution in [0.1, 0.15) is 17.4 Å². The minimum atomic E-state index is -4.36. The average Bonchev–Trinajstić information content (AvgIpc) is 3.31. The Hall–Kier alpha value is -2.73. The second-order valence-corrected chi connectivity index (χ2v) is 6.15. The standard InChI is InChI=1S/C20H17F3N2O/c21-20(22,23)16-5-4-8-18(13-16)24-10-9-15(14-24)19-25(11-12-26-19)17-6-2-1-3-7-17/h1-10,13-14,19H,11-12H2/t19-/m0/s1. The molecule has 3 aromatic rings. The Morgan fingerprint density at radius 3 is 2.46 bits per heavy atom. The normalized spacial score (nSPS) is 17.7. The smallest absolute Gasteiger partial charge is 0.352 e. The molecule has 4 rings (SSSR count). The summed E-state index contributed by atoms with van der Waals surface area (Å²) in [7, 11) is 0. The summed E-state index contributed by atoms with van der Waals surface area (Å²) in [5.74, 6) is 0. The molecule has 1 saturated heterocycles. The van der Waals surface area contributed by atoms with Gasteiger partial charge in [0.1, 0.15) is 0 Å². The Balaban J connectivity index is 1.62. The molecule has 0 aliphatic carbocycles. The van der Waals surface area contributed by atoms with Gasteiger partial charge in [0.15, 0.2) is 6.23 Å². The van der Waals surface area contributed by atoms with Crippen molar-refractivity contribution in [3.8, 4) is 5.69 Å². The van der Waals surface area contributed by atoms with E-state index in [0.717, 1.165) is 29.9 Å². The van der Waals surface area contributed by atoms with Gasteiger partial charge in [-0.15, -0.1) is 0 Å². The third kappa shape index (κ3) is 3.20. The van der Waals surface area contributed by atoms with Gasteiger partial charge in [0.2, 0.25) is 0 Å². The number of para-hydroxylation sites is 1. The fraction of sp³-hybridized carbons (Fsp3) is 0.200. The Kier molecular flexibility index (Phi) is 4.20. The SMILES string of the molecule is FC(F)(F)c1cccc(-n2ccc([C@@H]3OCCN3c3ccccc3)c2)c1.